The highest BCUT2D eigenvalue weighted by Crippen LogP contribution is 2.34. The molecule has 4 nitrogen and oxygen atoms in total. The molecule has 0 fully saturated rings. The molecule has 0 radical (unpaired) electrons. The summed E-state index contributed by atoms with van der Waals surface area (Å²) in [6, 6.07) is 11.4. The summed E-state index contributed by atoms with van der Waals surface area (Å²) in [5.74, 6) is -1.39. The number of nitrogens with zero attached hydrogens (tertiary/aromatic N) is 2. The molecule has 0 unspecified atom stereocenters. The number of aromatic nitrogens is 2. The molecule has 1 amide bonds. The highest BCUT2D eigenvalue weighted by atomic mass is 35.5. The van der Waals surface area contributed by atoms with Crippen LogP contribution in [-0.4, -0.2) is 22.0 Å². The number of carbonyl (C=O) groups excluding carboxylic acids is 1. The zero-order valence-corrected chi connectivity index (χ0v) is 14.9. The summed E-state index contributed by atoms with van der Waals surface area (Å²) in [6.45, 7) is 0. The maximum Gasteiger partial charge on any atom is 0.484 e. The van der Waals surface area contributed by atoms with E-state index in [0.29, 0.717) is 0 Å². The van der Waals surface area contributed by atoms with Gasteiger partial charge >= 0.3 is 12.5 Å². The summed E-state index contributed by atoms with van der Waals surface area (Å²) >= 11 is 6.07. The van der Waals surface area contributed by atoms with Gasteiger partial charge in [-0.05, 0) is 30.3 Å². The third-order valence-electron chi connectivity index (χ3n) is 3.78. The molecular weight excluding hydrogens is 424 g/mol. The fraction of sp³-hybridized carbons (Fsp3) is 0.111. The first-order valence-electron chi connectivity index (χ1n) is 7.87. The Kier molecular flexibility index (Phi) is 5.31. The maximum atomic E-state index is 13.2. The van der Waals surface area contributed by atoms with Gasteiger partial charge in [0.05, 0.1) is 16.4 Å². The Bertz CT molecular complexity index is 1040. The van der Waals surface area contributed by atoms with E-state index < -0.39 is 24.1 Å². The Morgan fingerprint density at radius 1 is 0.966 bits per heavy atom. The normalized spacial score (nSPS) is 12.1. The first-order chi connectivity index (χ1) is 13.5. The van der Waals surface area contributed by atoms with E-state index in [-0.39, 0.29) is 27.5 Å². The molecule has 0 atom stereocenters. The van der Waals surface area contributed by atoms with E-state index in [2.05, 4.69) is 5.10 Å². The smallest absolute Gasteiger partial charge is 0.269 e. The molecule has 2 aromatic carbocycles. The molecular formula is C18H10ClF6N3O. The minimum Gasteiger partial charge on any atom is -0.269 e. The van der Waals surface area contributed by atoms with Crippen molar-refractivity contribution in [3.8, 4) is 16.9 Å². The standard InChI is InChI=1S/C18H10ClF6N3O/c19-12-3-1-2-4-13(12)28-14(9-15(27-28)17(20,21)22)10-5-7-11(8-6-10)16(29)26-18(23,24)25/h1-9H,(H,26,29). The quantitative estimate of drug-likeness (QED) is 0.440. The number of carbonyl (C=O) groups is 1. The topological polar surface area (TPSA) is 46.9 Å². The average molecular weight is 434 g/mol. The Morgan fingerprint density at radius 2 is 1.59 bits per heavy atom. The largest absolute Gasteiger partial charge is 0.484 e. The Hall–Kier alpha value is -3.01. The van der Waals surface area contributed by atoms with Crippen LogP contribution >= 0.6 is 11.6 Å². The Balaban J connectivity index is 2.05. The lowest BCUT2D eigenvalue weighted by Crippen LogP contribution is -2.37. The molecule has 29 heavy (non-hydrogen) atoms. The maximum absolute atomic E-state index is 13.2. The van der Waals surface area contributed by atoms with E-state index in [1.165, 1.54) is 24.3 Å². The van der Waals surface area contributed by atoms with Gasteiger partial charge in [0.15, 0.2) is 5.69 Å². The monoisotopic (exact) mass is 433 g/mol. The van der Waals surface area contributed by atoms with E-state index in [1.807, 2.05) is 0 Å². The first-order valence-corrected chi connectivity index (χ1v) is 8.25. The summed E-state index contributed by atoms with van der Waals surface area (Å²) < 4.78 is 77.3. The van der Waals surface area contributed by atoms with Gasteiger partial charge in [0.25, 0.3) is 5.91 Å². The van der Waals surface area contributed by atoms with Gasteiger partial charge in [0.1, 0.15) is 0 Å². The van der Waals surface area contributed by atoms with Crippen LogP contribution in [-0.2, 0) is 6.18 Å². The van der Waals surface area contributed by atoms with Gasteiger partial charge in [-0.25, -0.2) is 4.68 Å². The van der Waals surface area contributed by atoms with Crippen LogP contribution in [0.2, 0.25) is 5.02 Å². The fourth-order valence-corrected chi connectivity index (χ4v) is 2.74. The van der Waals surface area contributed by atoms with Crippen molar-refractivity contribution in [2.24, 2.45) is 0 Å². The fourth-order valence-electron chi connectivity index (χ4n) is 2.53. The van der Waals surface area contributed by atoms with Crippen LogP contribution < -0.4 is 5.32 Å². The predicted molar refractivity (Wildman–Crippen MR) is 92.5 cm³/mol. The number of hydrogen-bond donors (Lipinski definition) is 1. The van der Waals surface area contributed by atoms with Crippen LogP contribution in [0.3, 0.4) is 0 Å². The van der Waals surface area contributed by atoms with Crippen molar-refractivity contribution in [1.29, 1.82) is 0 Å². The number of halogens is 7. The summed E-state index contributed by atoms with van der Waals surface area (Å²) in [5, 5.41) is 4.56. The van der Waals surface area contributed by atoms with E-state index >= 15 is 0 Å². The molecule has 1 aromatic heterocycles. The second-order valence-electron chi connectivity index (χ2n) is 5.81. The number of amides is 1. The lowest BCUT2D eigenvalue weighted by molar-refractivity contribution is -0.146. The summed E-state index contributed by atoms with van der Waals surface area (Å²) in [7, 11) is 0. The molecule has 0 aliphatic rings. The molecule has 1 N–H and O–H groups in total. The van der Waals surface area contributed by atoms with Crippen LogP contribution in [0.1, 0.15) is 16.1 Å². The zero-order valence-electron chi connectivity index (χ0n) is 14.1. The SMILES string of the molecule is O=C(NC(F)(F)F)c1ccc(-c2cc(C(F)(F)F)nn2-c2ccccc2Cl)cc1. The minimum absolute atomic E-state index is 0.00629. The van der Waals surface area contributed by atoms with Crippen LogP contribution in [0.4, 0.5) is 26.3 Å². The molecule has 0 saturated carbocycles. The van der Waals surface area contributed by atoms with Gasteiger partial charge in [0.2, 0.25) is 0 Å². The highest BCUT2D eigenvalue weighted by molar-refractivity contribution is 6.32. The van der Waals surface area contributed by atoms with Crippen LogP contribution in [0, 0.1) is 0 Å². The zero-order chi connectivity index (χ0) is 21.4. The number of rotatable bonds is 3. The number of benzene rings is 2. The molecule has 152 valence electrons. The molecule has 0 saturated heterocycles. The van der Waals surface area contributed by atoms with Crippen molar-refractivity contribution in [2.45, 2.75) is 12.5 Å². The third-order valence-corrected chi connectivity index (χ3v) is 4.10. The molecule has 1 heterocycles. The third kappa shape index (κ3) is 4.70. The van der Waals surface area contributed by atoms with Gasteiger partial charge in [-0.15, -0.1) is 0 Å². The molecule has 0 bridgehead atoms. The van der Waals surface area contributed by atoms with Crippen LogP contribution in [0.15, 0.2) is 54.6 Å². The first kappa shape index (κ1) is 20.7. The van der Waals surface area contributed by atoms with E-state index in [4.69, 9.17) is 11.6 Å². The summed E-state index contributed by atoms with van der Waals surface area (Å²) in [4.78, 5) is 11.6. The van der Waals surface area contributed by atoms with Gasteiger partial charge in [-0.1, -0.05) is 35.9 Å². The van der Waals surface area contributed by atoms with E-state index in [1.54, 1.807) is 12.1 Å². The van der Waals surface area contributed by atoms with Crippen molar-refractivity contribution < 1.29 is 31.1 Å². The van der Waals surface area contributed by atoms with Crippen LogP contribution in [0.5, 0.6) is 0 Å². The number of alkyl halides is 6. The number of nitrogens with one attached hydrogen (secondary N) is 1. The molecule has 0 spiro atoms. The van der Waals surface area contributed by atoms with E-state index in [9.17, 15) is 31.1 Å². The van der Waals surface area contributed by atoms with Crippen molar-refractivity contribution in [2.75, 3.05) is 0 Å². The minimum atomic E-state index is -4.90. The molecule has 3 aromatic rings. The lowest BCUT2D eigenvalue weighted by atomic mass is 10.1. The molecule has 3 rings (SSSR count). The predicted octanol–water partition coefficient (Wildman–Crippen LogP) is 5.46. The highest BCUT2D eigenvalue weighted by Gasteiger charge is 2.35. The van der Waals surface area contributed by atoms with Crippen LogP contribution in [0.25, 0.3) is 16.9 Å². The lowest BCUT2D eigenvalue weighted by Gasteiger charge is -2.11. The Morgan fingerprint density at radius 3 is 2.14 bits per heavy atom. The van der Waals surface area contributed by atoms with Gasteiger partial charge in [-0.3, -0.25) is 10.1 Å². The van der Waals surface area contributed by atoms with Gasteiger partial charge in [0, 0.05) is 11.1 Å². The summed E-state index contributed by atoms with van der Waals surface area (Å²) in [5.41, 5.74) is -1.12. The summed E-state index contributed by atoms with van der Waals surface area (Å²) in [6.07, 6.45) is -9.63. The number of para-hydroxylation sites is 1. The van der Waals surface area contributed by atoms with E-state index in [0.717, 1.165) is 28.2 Å². The van der Waals surface area contributed by atoms with Gasteiger partial charge in [-0.2, -0.15) is 31.4 Å². The average Bonchev–Trinajstić information content (AvgIpc) is 3.06. The van der Waals surface area contributed by atoms with Crippen molar-refractivity contribution >= 4 is 17.5 Å². The van der Waals surface area contributed by atoms with Gasteiger partial charge < -0.3 is 0 Å². The van der Waals surface area contributed by atoms with Crippen molar-refractivity contribution in [1.82, 2.24) is 15.1 Å². The molecule has 11 heteroatoms. The number of hydrogen-bond acceptors (Lipinski definition) is 2. The second kappa shape index (κ2) is 7.43. The Labute approximate surface area is 164 Å². The van der Waals surface area contributed by atoms with Crippen molar-refractivity contribution in [3.63, 3.8) is 0 Å². The molecule has 0 aliphatic carbocycles. The van der Waals surface area contributed by atoms with Crippen molar-refractivity contribution in [3.05, 3.63) is 70.9 Å². The molecule has 0 aliphatic heterocycles. The second-order valence-corrected chi connectivity index (χ2v) is 6.21.